The molecule has 0 spiro atoms. The smallest absolute Gasteiger partial charge is 0.366 e. The maximum atomic E-state index is 14.4. The van der Waals surface area contributed by atoms with Crippen LogP contribution in [0.1, 0.15) is 26.5 Å². The lowest BCUT2D eigenvalue weighted by atomic mass is 10.1. The zero-order valence-corrected chi connectivity index (χ0v) is 17.6. The summed E-state index contributed by atoms with van der Waals surface area (Å²) >= 11 is 1.12. The van der Waals surface area contributed by atoms with Crippen LogP contribution in [0.5, 0.6) is 0 Å². The minimum absolute atomic E-state index is 0.210. The lowest BCUT2D eigenvalue weighted by molar-refractivity contribution is -0.202. The number of nitrogens with zero attached hydrogens (tertiary/aromatic N) is 4. The number of nitrogens with two attached hydrogens (primary N) is 1. The molecule has 6 nitrogen and oxygen atoms in total. The van der Waals surface area contributed by atoms with Gasteiger partial charge < -0.3 is 5.73 Å². The van der Waals surface area contributed by atoms with Crippen LogP contribution in [0.3, 0.4) is 0 Å². The maximum absolute atomic E-state index is 14.4. The van der Waals surface area contributed by atoms with Crippen LogP contribution in [0, 0.1) is 6.92 Å². The quantitative estimate of drug-likeness (QED) is 0.440. The Hall–Kier alpha value is -2.47. The number of rotatable bonds is 4. The van der Waals surface area contributed by atoms with Crippen molar-refractivity contribution in [1.29, 1.82) is 0 Å². The van der Waals surface area contributed by atoms with E-state index < -0.39 is 40.7 Å². The molecule has 0 aliphatic rings. The van der Waals surface area contributed by atoms with Crippen LogP contribution in [-0.4, -0.2) is 31.6 Å². The highest BCUT2D eigenvalue weighted by atomic mass is 32.1. The molecule has 15 heteroatoms. The normalized spacial score (nSPS) is 14.6. The molecule has 2 N–H and O–H groups in total. The number of primary amides is 1. The largest absolute Gasteiger partial charge is 0.431 e. The van der Waals surface area contributed by atoms with Crippen LogP contribution in [0.15, 0.2) is 18.5 Å². The van der Waals surface area contributed by atoms with E-state index in [9.17, 15) is 35.5 Å². The summed E-state index contributed by atoms with van der Waals surface area (Å²) < 4.78 is 95.9. The number of carbonyl (C=O) groups excluding carboxylic acids is 1. The van der Waals surface area contributed by atoms with Gasteiger partial charge in [0.05, 0.1) is 11.8 Å². The molecule has 3 aromatic heterocycles. The molecule has 2 atom stereocenters. The lowest BCUT2D eigenvalue weighted by Crippen LogP contribution is -2.34. The molecule has 31 heavy (non-hydrogen) atoms. The molecule has 0 bridgehead atoms. The fourth-order valence-corrected chi connectivity index (χ4v) is 4.06. The predicted molar refractivity (Wildman–Crippen MR) is 100 cm³/mol. The molecule has 0 radical (unpaired) electrons. The number of hydrogen-bond donors (Lipinski definition) is 1. The van der Waals surface area contributed by atoms with Gasteiger partial charge in [-0.1, -0.05) is 9.24 Å². The topological polar surface area (TPSA) is 78.7 Å². The summed E-state index contributed by atoms with van der Waals surface area (Å²) in [5.41, 5.74) is 1.96. The van der Waals surface area contributed by atoms with E-state index in [4.69, 9.17) is 5.73 Å². The molecule has 0 saturated heterocycles. The van der Waals surface area contributed by atoms with Crippen molar-refractivity contribution >= 4 is 26.5 Å². The third-order valence-corrected chi connectivity index (χ3v) is 6.03. The van der Waals surface area contributed by atoms with Crippen LogP contribution in [0.4, 0.5) is 30.7 Å². The number of alkyl halides is 7. The molecule has 0 aliphatic carbocycles. The number of aromatic nitrogens is 4. The first-order valence-electron chi connectivity index (χ1n) is 8.20. The summed E-state index contributed by atoms with van der Waals surface area (Å²) in [4.78, 5) is 12.4. The Kier molecular flexibility index (Phi) is 5.46. The molecular weight excluding hydrogens is 474 g/mol. The SMILES string of the molecule is Cc1sc(-c2cnn(-c3c(C(F)(F)F)c(C(F)(P)C(F)(F)F)nn3C)c2)cc1C(N)=O. The van der Waals surface area contributed by atoms with Gasteiger partial charge in [-0.25, -0.2) is 13.8 Å². The lowest BCUT2D eigenvalue weighted by Gasteiger charge is -2.23. The summed E-state index contributed by atoms with van der Waals surface area (Å²) in [6, 6.07) is 1.42. The summed E-state index contributed by atoms with van der Waals surface area (Å²) in [5, 5.41) is 2.51. The Bertz CT molecular complexity index is 1160. The van der Waals surface area contributed by atoms with E-state index in [1.165, 1.54) is 6.07 Å². The first-order valence-corrected chi connectivity index (χ1v) is 9.60. The number of amides is 1. The zero-order valence-electron chi connectivity index (χ0n) is 15.6. The average Bonchev–Trinajstić information content (AvgIpc) is 3.29. The van der Waals surface area contributed by atoms with Gasteiger partial charge in [0, 0.05) is 28.6 Å². The Balaban J connectivity index is 2.19. The standard InChI is InChI=1S/C16H13F7N5OPS/c1-6-8(12(24)29)3-9(31-6)7-4-25-28(5-7)13-10(15(18,19)20)11(26-27(13)2)14(17,30)16(21,22)23/h3-5H,30H2,1-2H3,(H2,24,29). The highest BCUT2D eigenvalue weighted by molar-refractivity contribution is 7.18. The third-order valence-electron chi connectivity index (χ3n) is 4.32. The van der Waals surface area contributed by atoms with Crippen molar-refractivity contribution in [2.24, 2.45) is 12.8 Å². The molecule has 1 amide bonds. The first-order chi connectivity index (χ1) is 14.1. The van der Waals surface area contributed by atoms with Crippen molar-refractivity contribution in [3.8, 4) is 16.3 Å². The second-order valence-corrected chi connectivity index (χ2v) is 8.55. The number of hydrogen-bond acceptors (Lipinski definition) is 4. The molecular formula is C16H13F7N5OPS. The van der Waals surface area contributed by atoms with Crippen molar-refractivity contribution in [2.45, 2.75) is 24.7 Å². The van der Waals surface area contributed by atoms with Crippen LogP contribution in [0.25, 0.3) is 16.3 Å². The Morgan fingerprint density at radius 3 is 2.29 bits per heavy atom. The first kappa shape index (κ1) is 23.2. The summed E-state index contributed by atoms with van der Waals surface area (Å²) in [6.07, 6.45) is -8.79. The van der Waals surface area contributed by atoms with Crippen molar-refractivity contribution in [1.82, 2.24) is 19.6 Å². The number of halogens is 7. The average molecular weight is 487 g/mol. The van der Waals surface area contributed by atoms with E-state index in [0.717, 1.165) is 40.0 Å². The van der Waals surface area contributed by atoms with Crippen molar-refractivity contribution < 1.29 is 35.5 Å². The fourth-order valence-electron chi connectivity index (χ4n) is 2.86. The van der Waals surface area contributed by atoms with Gasteiger partial charge in [-0.15, -0.1) is 11.3 Å². The van der Waals surface area contributed by atoms with Crippen LogP contribution >= 0.6 is 20.6 Å². The highest BCUT2D eigenvalue weighted by Gasteiger charge is 2.60. The molecule has 0 saturated carbocycles. The van der Waals surface area contributed by atoms with E-state index in [-0.39, 0.29) is 11.1 Å². The van der Waals surface area contributed by atoms with Crippen molar-refractivity contribution in [2.75, 3.05) is 0 Å². The molecule has 3 rings (SSSR count). The second kappa shape index (κ2) is 7.30. The van der Waals surface area contributed by atoms with Gasteiger partial charge in [0.25, 0.3) is 5.41 Å². The van der Waals surface area contributed by atoms with E-state index in [2.05, 4.69) is 10.2 Å². The second-order valence-electron chi connectivity index (χ2n) is 6.50. The van der Waals surface area contributed by atoms with Crippen molar-refractivity contribution in [3.05, 3.63) is 40.2 Å². The summed E-state index contributed by atoms with van der Waals surface area (Å²) in [7, 11) is 1.68. The van der Waals surface area contributed by atoms with E-state index in [0.29, 0.717) is 19.1 Å². The Morgan fingerprint density at radius 2 is 1.81 bits per heavy atom. The molecule has 168 valence electrons. The van der Waals surface area contributed by atoms with E-state index >= 15 is 0 Å². The van der Waals surface area contributed by atoms with Crippen LogP contribution < -0.4 is 5.73 Å². The zero-order chi connectivity index (χ0) is 23.5. The Morgan fingerprint density at radius 1 is 1.19 bits per heavy atom. The molecule has 0 aliphatic heterocycles. The minimum atomic E-state index is -5.67. The monoisotopic (exact) mass is 487 g/mol. The molecule has 3 heterocycles. The van der Waals surface area contributed by atoms with Gasteiger partial charge in [-0.2, -0.15) is 36.5 Å². The molecule has 2 unspecified atom stereocenters. The van der Waals surface area contributed by atoms with Gasteiger partial charge in [0.2, 0.25) is 5.91 Å². The molecule has 0 fully saturated rings. The van der Waals surface area contributed by atoms with Gasteiger partial charge in [-0.05, 0) is 13.0 Å². The summed E-state index contributed by atoms with van der Waals surface area (Å²) in [5.74, 6) is -1.61. The number of carbonyl (C=O) groups is 1. The third kappa shape index (κ3) is 3.93. The molecule has 3 aromatic rings. The minimum Gasteiger partial charge on any atom is -0.366 e. The maximum Gasteiger partial charge on any atom is 0.431 e. The van der Waals surface area contributed by atoms with Gasteiger partial charge in [0.15, 0.2) is 5.82 Å². The number of thiophene rings is 1. The summed E-state index contributed by atoms with van der Waals surface area (Å²) in [6.45, 7) is 1.62. The number of aryl methyl sites for hydroxylation is 2. The van der Waals surface area contributed by atoms with Gasteiger partial charge in [0.1, 0.15) is 11.3 Å². The van der Waals surface area contributed by atoms with Crippen molar-refractivity contribution in [3.63, 3.8) is 0 Å². The predicted octanol–water partition coefficient (Wildman–Crippen LogP) is 4.32. The molecule has 0 aromatic carbocycles. The van der Waals surface area contributed by atoms with E-state index in [1.807, 2.05) is 0 Å². The van der Waals surface area contributed by atoms with Crippen LogP contribution in [0.2, 0.25) is 0 Å². The Labute approximate surface area is 176 Å². The van der Waals surface area contributed by atoms with Gasteiger partial charge >= 0.3 is 12.4 Å². The van der Waals surface area contributed by atoms with Crippen LogP contribution in [-0.2, 0) is 18.6 Å². The van der Waals surface area contributed by atoms with E-state index in [1.54, 1.807) is 6.92 Å². The fraction of sp³-hybridized carbons (Fsp3) is 0.312. The highest BCUT2D eigenvalue weighted by Crippen LogP contribution is 2.52. The van der Waals surface area contributed by atoms with Gasteiger partial charge in [-0.3, -0.25) is 4.79 Å².